The number of benzene rings is 2. The second-order valence-corrected chi connectivity index (χ2v) is 6.65. The molecule has 118 valence electrons. The SMILES string of the molecule is O=C(N[C@@H]1C[C@@H]1c1ccccc1)N1CC[C@@H](c2ccccc2)C1. The zero-order valence-electron chi connectivity index (χ0n) is 13.2. The number of amides is 2. The van der Waals surface area contributed by atoms with Crippen LogP contribution in [-0.4, -0.2) is 30.1 Å². The lowest BCUT2D eigenvalue weighted by atomic mass is 9.99. The highest BCUT2D eigenvalue weighted by molar-refractivity contribution is 5.75. The van der Waals surface area contributed by atoms with E-state index in [-0.39, 0.29) is 6.03 Å². The predicted octanol–water partition coefficient (Wildman–Crippen LogP) is 3.74. The van der Waals surface area contributed by atoms with Crippen molar-refractivity contribution in [3.8, 4) is 0 Å². The van der Waals surface area contributed by atoms with Crippen molar-refractivity contribution in [2.24, 2.45) is 0 Å². The van der Waals surface area contributed by atoms with Gasteiger partial charge in [-0.25, -0.2) is 4.79 Å². The molecule has 1 heterocycles. The lowest BCUT2D eigenvalue weighted by Crippen LogP contribution is -2.39. The van der Waals surface area contributed by atoms with E-state index in [1.165, 1.54) is 11.1 Å². The third-order valence-electron chi connectivity index (χ3n) is 5.07. The van der Waals surface area contributed by atoms with Crippen molar-refractivity contribution in [3.05, 3.63) is 71.8 Å². The molecule has 1 N–H and O–H groups in total. The van der Waals surface area contributed by atoms with Crippen LogP contribution in [0.5, 0.6) is 0 Å². The number of nitrogens with one attached hydrogen (secondary N) is 1. The standard InChI is InChI=1S/C20H22N2O/c23-20(21-19-13-18(19)16-9-5-2-6-10-16)22-12-11-17(14-22)15-7-3-1-4-8-15/h1-10,17-19H,11-14H2,(H,21,23)/t17-,18-,19-/m1/s1. The minimum Gasteiger partial charge on any atom is -0.335 e. The van der Waals surface area contributed by atoms with Gasteiger partial charge in [0.25, 0.3) is 0 Å². The largest absolute Gasteiger partial charge is 0.335 e. The first-order chi connectivity index (χ1) is 11.3. The van der Waals surface area contributed by atoms with Gasteiger partial charge in [0.1, 0.15) is 0 Å². The number of hydrogen-bond acceptors (Lipinski definition) is 1. The van der Waals surface area contributed by atoms with Crippen LogP contribution in [0.25, 0.3) is 0 Å². The molecule has 1 aliphatic heterocycles. The number of carbonyl (C=O) groups is 1. The summed E-state index contributed by atoms with van der Waals surface area (Å²) in [5, 5.41) is 3.20. The predicted molar refractivity (Wildman–Crippen MR) is 91.5 cm³/mol. The molecule has 4 rings (SSSR count). The Labute approximate surface area is 137 Å². The highest BCUT2D eigenvalue weighted by atomic mass is 16.2. The van der Waals surface area contributed by atoms with E-state index in [1.54, 1.807) is 0 Å². The van der Waals surface area contributed by atoms with Gasteiger partial charge >= 0.3 is 6.03 Å². The molecule has 0 unspecified atom stereocenters. The summed E-state index contributed by atoms with van der Waals surface area (Å²) in [6.07, 6.45) is 2.12. The third-order valence-corrected chi connectivity index (χ3v) is 5.07. The average molecular weight is 306 g/mol. The number of urea groups is 1. The van der Waals surface area contributed by atoms with Crippen LogP contribution in [0.3, 0.4) is 0 Å². The minimum atomic E-state index is 0.104. The minimum absolute atomic E-state index is 0.104. The van der Waals surface area contributed by atoms with Crippen molar-refractivity contribution in [3.63, 3.8) is 0 Å². The van der Waals surface area contributed by atoms with Gasteiger partial charge in [-0.15, -0.1) is 0 Å². The number of rotatable bonds is 3. The zero-order valence-corrected chi connectivity index (χ0v) is 13.2. The number of carbonyl (C=O) groups excluding carboxylic acids is 1. The van der Waals surface area contributed by atoms with Gasteiger partial charge in [0.05, 0.1) is 0 Å². The van der Waals surface area contributed by atoms with Crippen molar-refractivity contribution in [1.29, 1.82) is 0 Å². The number of likely N-dealkylation sites (tertiary alicyclic amines) is 1. The van der Waals surface area contributed by atoms with Crippen molar-refractivity contribution in [2.75, 3.05) is 13.1 Å². The molecule has 23 heavy (non-hydrogen) atoms. The summed E-state index contributed by atoms with van der Waals surface area (Å²) in [6.45, 7) is 1.69. The van der Waals surface area contributed by atoms with Crippen LogP contribution < -0.4 is 5.32 Å². The molecule has 0 spiro atoms. The van der Waals surface area contributed by atoms with Crippen molar-refractivity contribution >= 4 is 6.03 Å². The van der Waals surface area contributed by atoms with Crippen LogP contribution in [0, 0.1) is 0 Å². The normalized spacial score (nSPS) is 26.1. The van der Waals surface area contributed by atoms with Crippen LogP contribution in [0.4, 0.5) is 4.79 Å². The average Bonchev–Trinajstić information content (AvgIpc) is 3.19. The fourth-order valence-corrected chi connectivity index (χ4v) is 3.62. The Balaban J connectivity index is 1.31. The Bertz CT molecular complexity index is 671. The molecule has 2 fully saturated rings. The van der Waals surface area contributed by atoms with Gasteiger partial charge in [0, 0.05) is 31.0 Å². The molecule has 0 aromatic heterocycles. The summed E-state index contributed by atoms with van der Waals surface area (Å²) in [7, 11) is 0. The maximum atomic E-state index is 12.5. The molecule has 2 aromatic carbocycles. The summed E-state index contributed by atoms with van der Waals surface area (Å²) in [6, 6.07) is 21.4. The molecule has 0 bridgehead atoms. The lowest BCUT2D eigenvalue weighted by molar-refractivity contribution is 0.207. The van der Waals surface area contributed by atoms with E-state index in [2.05, 4.69) is 53.8 Å². The van der Waals surface area contributed by atoms with E-state index in [4.69, 9.17) is 0 Å². The van der Waals surface area contributed by atoms with Crippen molar-refractivity contribution in [1.82, 2.24) is 10.2 Å². The molecule has 2 amide bonds. The number of nitrogens with zero attached hydrogens (tertiary/aromatic N) is 1. The fourth-order valence-electron chi connectivity index (χ4n) is 3.62. The smallest absolute Gasteiger partial charge is 0.317 e. The first kappa shape index (κ1) is 14.3. The van der Waals surface area contributed by atoms with Crippen molar-refractivity contribution < 1.29 is 4.79 Å². The van der Waals surface area contributed by atoms with Crippen molar-refractivity contribution in [2.45, 2.75) is 30.7 Å². The topological polar surface area (TPSA) is 32.3 Å². The zero-order chi connectivity index (χ0) is 15.6. The Morgan fingerprint density at radius 3 is 2.30 bits per heavy atom. The highest BCUT2D eigenvalue weighted by Gasteiger charge is 2.40. The molecular formula is C20H22N2O. The lowest BCUT2D eigenvalue weighted by Gasteiger charge is -2.17. The summed E-state index contributed by atoms with van der Waals surface area (Å²) in [5.41, 5.74) is 2.68. The van der Waals surface area contributed by atoms with Gasteiger partial charge < -0.3 is 10.2 Å². The Hall–Kier alpha value is -2.29. The first-order valence-corrected chi connectivity index (χ1v) is 8.46. The maximum Gasteiger partial charge on any atom is 0.317 e. The third kappa shape index (κ3) is 3.09. The monoisotopic (exact) mass is 306 g/mol. The van der Waals surface area contributed by atoms with E-state index >= 15 is 0 Å². The molecule has 3 atom stereocenters. The summed E-state index contributed by atoms with van der Waals surface area (Å²) in [4.78, 5) is 14.4. The molecular weight excluding hydrogens is 284 g/mol. The van der Waals surface area contributed by atoms with Gasteiger partial charge in [-0.3, -0.25) is 0 Å². The Morgan fingerprint density at radius 1 is 0.957 bits per heavy atom. The van der Waals surface area contributed by atoms with Gasteiger partial charge in [-0.1, -0.05) is 60.7 Å². The van der Waals surface area contributed by atoms with Gasteiger partial charge in [0.2, 0.25) is 0 Å². The summed E-state index contributed by atoms with van der Waals surface area (Å²) in [5.74, 6) is 0.971. The molecule has 0 radical (unpaired) electrons. The summed E-state index contributed by atoms with van der Waals surface area (Å²) < 4.78 is 0. The fraction of sp³-hybridized carbons (Fsp3) is 0.350. The van der Waals surface area contributed by atoms with Gasteiger partial charge in [-0.2, -0.15) is 0 Å². The molecule has 1 saturated carbocycles. The van der Waals surface area contributed by atoms with Gasteiger partial charge in [-0.05, 0) is 24.0 Å². The quantitative estimate of drug-likeness (QED) is 0.920. The van der Waals surface area contributed by atoms with E-state index in [0.29, 0.717) is 17.9 Å². The van der Waals surface area contributed by atoms with Crippen LogP contribution in [0.1, 0.15) is 35.8 Å². The van der Waals surface area contributed by atoms with Gasteiger partial charge in [0.15, 0.2) is 0 Å². The molecule has 3 heteroatoms. The molecule has 2 aromatic rings. The van der Waals surface area contributed by atoms with Crippen LogP contribution in [0.15, 0.2) is 60.7 Å². The second-order valence-electron chi connectivity index (χ2n) is 6.65. The van der Waals surface area contributed by atoms with E-state index in [0.717, 1.165) is 25.9 Å². The maximum absolute atomic E-state index is 12.5. The summed E-state index contributed by atoms with van der Waals surface area (Å²) >= 11 is 0. The molecule has 3 nitrogen and oxygen atoms in total. The van der Waals surface area contributed by atoms with Crippen LogP contribution >= 0.6 is 0 Å². The first-order valence-electron chi connectivity index (χ1n) is 8.46. The number of hydrogen-bond donors (Lipinski definition) is 1. The van der Waals surface area contributed by atoms with Crippen LogP contribution in [-0.2, 0) is 0 Å². The Morgan fingerprint density at radius 2 is 1.61 bits per heavy atom. The second kappa shape index (κ2) is 6.07. The van der Waals surface area contributed by atoms with Crippen LogP contribution in [0.2, 0.25) is 0 Å². The van der Waals surface area contributed by atoms with E-state index in [9.17, 15) is 4.79 Å². The molecule has 1 saturated heterocycles. The molecule has 2 aliphatic rings. The van der Waals surface area contributed by atoms with E-state index < -0.39 is 0 Å². The Kier molecular flexibility index (Phi) is 3.78. The molecule has 1 aliphatic carbocycles. The van der Waals surface area contributed by atoms with E-state index in [1.807, 2.05) is 17.0 Å². The highest BCUT2D eigenvalue weighted by Crippen LogP contribution is 2.40.